The van der Waals surface area contributed by atoms with Gasteiger partial charge in [-0.3, -0.25) is 4.79 Å². The zero-order valence-electron chi connectivity index (χ0n) is 14.7. The summed E-state index contributed by atoms with van der Waals surface area (Å²) < 4.78 is 22.1. The highest BCUT2D eigenvalue weighted by molar-refractivity contribution is 6.28. The number of hydrogen-bond donors (Lipinski definition) is 0. The van der Waals surface area contributed by atoms with Crippen LogP contribution < -0.4 is 9.47 Å². The Hall–Kier alpha value is -3.21. The number of rotatable bonds is 6. The molecule has 1 heterocycles. The van der Waals surface area contributed by atoms with Gasteiger partial charge in [0.25, 0.3) is 0 Å². The Morgan fingerprint density at radius 3 is 2.42 bits per heavy atom. The molecule has 2 aromatic carbocycles. The van der Waals surface area contributed by atoms with Crippen molar-refractivity contribution in [3.05, 3.63) is 77.9 Å². The summed E-state index contributed by atoms with van der Waals surface area (Å²) in [4.78, 5) is 13.1. The average molecular weight is 352 g/mol. The Morgan fingerprint density at radius 1 is 1.00 bits per heavy atom. The highest BCUT2D eigenvalue weighted by Gasteiger charge is 2.26. The van der Waals surface area contributed by atoms with E-state index in [4.69, 9.17) is 18.9 Å². The number of ether oxygens (including phenoxy) is 4. The van der Waals surface area contributed by atoms with Crippen LogP contribution in [0.15, 0.2) is 72.4 Å². The van der Waals surface area contributed by atoms with Gasteiger partial charge in [0.2, 0.25) is 11.5 Å². The smallest absolute Gasteiger partial charge is 0.234 e. The van der Waals surface area contributed by atoms with Gasteiger partial charge < -0.3 is 18.9 Å². The van der Waals surface area contributed by atoms with Gasteiger partial charge in [-0.05, 0) is 25.1 Å². The third kappa shape index (κ3) is 3.88. The Bertz CT molecular complexity index is 836. The van der Waals surface area contributed by atoms with E-state index in [-0.39, 0.29) is 11.5 Å². The Labute approximate surface area is 152 Å². The fourth-order valence-electron chi connectivity index (χ4n) is 2.65. The number of methoxy groups -OCH3 is 1. The zero-order valence-corrected chi connectivity index (χ0v) is 14.7. The molecule has 0 unspecified atom stereocenters. The van der Waals surface area contributed by atoms with E-state index in [1.807, 2.05) is 48.5 Å². The summed E-state index contributed by atoms with van der Waals surface area (Å²) >= 11 is 0. The third-order valence-electron chi connectivity index (χ3n) is 3.84. The molecule has 0 N–H and O–H groups in total. The van der Waals surface area contributed by atoms with E-state index in [1.165, 1.54) is 6.26 Å². The molecule has 5 heteroatoms. The van der Waals surface area contributed by atoms with E-state index < -0.39 is 0 Å². The molecule has 0 amide bonds. The van der Waals surface area contributed by atoms with E-state index in [1.54, 1.807) is 20.1 Å². The van der Waals surface area contributed by atoms with Crippen molar-refractivity contribution in [3.63, 3.8) is 0 Å². The molecule has 26 heavy (non-hydrogen) atoms. The number of benzene rings is 2. The van der Waals surface area contributed by atoms with Gasteiger partial charge in [0.1, 0.15) is 36.7 Å². The minimum Gasteiger partial charge on any atom is -0.496 e. The quantitative estimate of drug-likeness (QED) is 0.582. The van der Waals surface area contributed by atoms with E-state index in [0.717, 1.165) is 0 Å². The molecule has 5 nitrogen and oxygen atoms in total. The largest absolute Gasteiger partial charge is 0.496 e. The maximum absolute atomic E-state index is 13.1. The molecule has 0 atom stereocenters. The van der Waals surface area contributed by atoms with Crippen LogP contribution in [-0.2, 0) is 14.3 Å². The Kier molecular flexibility index (Phi) is 5.59. The molecule has 0 fully saturated rings. The van der Waals surface area contributed by atoms with Gasteiger partial charge in [-0.25, -0.2) is 0 Å². The van der Waals surface area contributed by atoms with Crippen molar-refractivity contribution in [2.24, 2.45) is 0 Å². The highest BCUT2D eigenvalue weighted by Crippen LogP contribution is 2.32. The van der Waals surface area contributed by atoms with Crippen LogP contribution in [0, 0.1) is 0 Å². The summed E-state index contributed by atoms with van der Waals surface area (Å²) in [5, 5.41) is 0. The van der Waals surface area contributed by atoms with Crippen LogP contribution in [0.3, 0.4) is 0 Å². The molecular weight excluding hydrogens is 332 g/mol. The monoisotopic (exact) mass is 352 g/mol. The fourth-order valence-corrected chi connectivity index (χ4v) is 2.65. The topological polar surface area (TPSA) is 54.0 Å². The lowest BCUT2D eigenvalue weighted by atomic mass is 9.98. The molecule has 0 spiro atoms. The average Bonchev–Trinajstić information content (AvgIpc) is 2.70. The SMILES string of the molecule is COc1ccccc1/C(C(=O)C1=COCCO1)=C(/C)Oc1ccccc1. The van der Waals surface area contributed by atoms with Crippen LogP contribution in [0.5, 0.6) is 11.5 Å². The predicted octanol–water partition coefficient (Wildman–Crippen LogP) is 3.96. The maximum Gasteiger partial charge on any atom is 0.234 e. The van der Waals surface area contributed by atoms with E-state index in [2.05, 4.69) is 0 Å². The second kappa shape index (κ2) is 8.25. The molecule has 1 aliphatic rings. The van der Waals surface area contributed by atoms with Crippen LogP contribution >= 0.6 is 0 Å². The molecule has 0 bridgehead atoms. The molecule has 0 saturated heterocycles. The van der Waals surface area contributed by atoms with Crippen molar-refractivity contribution in [1.29, 1.82) is 0 Å². The van der Waals surface area contributed by atoms with Gasteiger partial charge in [-0.1, -0.05) is 36.4 Å². The van der Waals surface area contributed by atoms with Gasteiger partial charge in [0.05, 0.1) is 12.7 Å². The van der Waals surface area contributed by atoms with Gasteiger partial charge in [0, 0.05) is 5.56 Å². The van der Waals surface area contributed by atoms with Crippen LogP contribution in [0.25, 0.3) is 5.57 Å². The van der Waals surface area contributed by atoms with Gasteiger partial charge >= 0.3 is 0 Å². The summed E-state index contributed by atoms with van der Waals surface area (Å²) in [6, 6.07) is 16.6. The van der Waals surface area contributed by atoms with Crippen LogP contribution in [0.4, 0.5) is 0 Å². The summed E-state index contributed by atoms with van der Waals surface area (Å²) in [5.41, 5.74) is 0.992. The number of ketones is 1. The Balaban J connectivity index is 2.07. The lowest BCUT2D eigenvalue weighted by Crippen LogP contribution is -2.18. The molecular formula is C21H20O5. The fraction of sp³-hybridized carbons (Fsp3) is 0.190. The normalized spacial score (nSPS) is 14.3. The predicted molar refractivity (Wildman–Crippen MR) is 97.7 cm³/mol. The summed E-state index contributed by atoms with van der Waals surface area (Å²) in [5.74, 6) is 1.49. The molecule has 0 radical (unpaired) electrons. The molecule has 0 aliphatic carbocycles. The lowest BCUT2D eigenvalue weighted by Gasteiger charge is -2.19. The summed E-state index contributed by atoms with van der Waals surface area (Å²) in [7, 11) is 1.56. The van der Waals surface area contributed by atoms with Crippen molar-refractivity contribution in [2.75, 3.05) is 20.3 Å². The molecule has 0 aromatic heterocycles. The number of allylic oxidation sites excluding steroid dienone is 2. The van der Waals surface area contributed by atoms with E-state index in [0.29, 0.717) is 41.6 Å². The minimum absolute atomic E-state index is 0.146. The first-order valence-electron chi connectivity index (χ1n) is 8.27. The Morgan fingerprint density at radius 2 is 1.73 bits per heavy atom. The van der Waals surface area contributed by atoms with Gasteiger partial charge in [-0.15, -0.1) is 0 Å². The zero-order chi connectivity index (χ0) is 18.4. The first kappa shape index (κ1) is 17.6. The van der Waals surface area contributed by atoms with Crippen molar-refractivity contribution in [1.82, 2.24) is 0 Å². The summed E-state index contributed by atoms with van der Waals surface area (Å²) in [6.45, 7) is 2.50. The minimum atomic E-state index is -0.317. The van der Waals surface area contributed by atoms with Crippen molar-refractivity contribution in [3.8, 4) is 11.5 Å². The van der Waals surface area contributed by atoms with Crippen molar-refractivity contribution >= 4 is 11.4 Å². The van der Waals surface area contributed by atoms with E-state index >= 15 is 0 Å². The van der Waals surface area contributed by atoms with Crippen LogP contribution in [-0.4, -0.2) is 26.1 Å². The van der Waals surface area contributed by atoms with Gasteiger partial charge in [-0.2, -0.15) is 0 Å². The van der Waals surface area contributed by atoms with Gasteiger partial charge in [0.15, 0.2) is 0 Å². The summed E-state index contributed by atoms with van der Waals surface area (Å²) in [6.07, 6.45) is 1.34. The highest BCUT2D eigenvalue weighted by atomic mass is 16.6. The molecule has 3 rings (SSSR count). The molecule has 1 aliphatic heterocycles. The third-order valence-corrected chi connectivity index (χ3v) is 3.84. The lowest BCUT2D eigenvalue weighted by molar-refractivity contribution is -0.115. The van der Waals surface area contributed by atoms with Crippen LogP contribution in [0.2, 0.25) is 0 Å². The number of carbonyl (C=O) groups is 1. The van der Waals surface area contributed by atoms with E-state index in [9.17, 15) is 4.79 Å². The number of hydrogen-bond acceptors (Lipinski definition) is 5. The van der Waals surface area contributed by atoms with Crippen molar-refractivity contribution < 1.29 is 23.7 Å². The maximum atomic E-state index is 13.1. The van der Waals surface area contributed by atoms with Crippen molar-refractivity contribution in [2.45, 2.75) is 6.92 Å². The standard InChI is InChI=1S/C21H20O5/c1-15(26-16-8-4-3-5-9-16)20(17-10-6-7-11-18(17)23-2)21(22)19-14-24-12-13-25-19/h3-11,14H,12-13H2,1-2H3/b20-15+. The molecule has 0 saturated carbocycles. The second-order valence-electron chi connectivity index (χ2n) is 5.58. The molecule has 134 valence electrons. The number of carbonyl (C=O) groups excluding carboxylic acids is 1. The number of Topliss-reactive ketones (excluding diaryl/α,β-unsaturated/α-hetero) is 1. The second-order valence-corrected chi connectivity index (χ2v) is 5.58. The first-order valence-corrected chi connectivity index (χ1v) is 8.27. The molecule has 2 aromatic rings. The number of para-hydroxylation sites is 2. The van der Waals surface area contributed by atoms with Crippen LogP contribution in [0.1, 0.15) is 12.5 Å². The first-order chi connectivity index (χ1) is 12.7.